The van der Waals surface area contributed by atoms with Crippen molar-refractivity contribution in [1.29, 1.82) is 0 Å². The van der Waals surface area contributed by atoms with Gasteiger partial charge < -0.3 is 15.4 Å². The van der Waals surface area contributed by atoms with Crippen LogP contribution in [0.25, 0.3) is 0 Å². The molecule has 39 heavy (non-hydrogen) atoms. The van der Waals surface area contributed by atoms with Crippen LogP contribution >= 0.6 is 0 Å². The molecule has 3 amide bonds. The lowest BCUT2D eigenvalue weighted by Crippen LogP contribution is -2.43. The number of anilines is 2. The van der Waals surface area contributed by atoms with Crippen molar-refractivity contribution in [2.75, 3.05) is 10.6 Å². The van der Waals surface area contributed by atoms with E-state index in [0.29, 0.717) is 16.8 Å². The summed E-state index contributed by atoms with van der Waals surface area (Å²) in [5.41, 5.74) is 3.66. The van der Waals surface area contributed by atoms with Crippen LogP contribution in [0, 0.1) is 12.7 Å². The third-order valence-corrected chi connectivity index (χ3v) is 6.43. The monoisotopic (exact) mass is 523 g/mol. The number of ether oxygens (including phenoxy) is 1. The molecule has 196 valence electrons. The first-order chi connectivity index (χ1) is 18.9. The number of nitrogens with zero attached hydrogens (tertiary/aromatic N) is 1. The fourth-order valence-electron chi connectivity index (χ4n) is 4.47. The minimum atomic E-state index is -1.05. The second kappa shape index (κ2) is 11.2. The number of amides is 3. The zero-order valence-corrected chi connectivity index (χ0v) is 21.1. The minimum absolute atomic E-state index is 0.140. The second-order valence-electron chi connectivity index (χ2n) is 9.31. The Hall–Kier alpha value is -4.98. The predicted octanol–water partition coefficient (Wildman–Crippen LogP) is 6.09. The van der Waals surface area contributed by atoms with Gasteiger partial charge >= 0.3 is 6.09 Å². The molecule has 5 rings (SSSR count). The van der Waals surface area contributed by atoms with Crippen molar-refractivity contribution in [3.63, 3.8) is 0 Å². The van der Waals surface area contributed by atoms with Gasteiger partial charge in [0.15, 0.2) is 12.1 Å². The van der Waals surface area contributed by atoms with Crippen molar-refractivity contribution in [2.45, 2.75) is 25.6 Å². The molecule has 1 heterocycles. The van der Waals surface area contributed by atoms with E-state index in [1.165, 1.54) is 23.1 Å². The summed E-state index contributed by atoms with van der Waals surface area (Å²) in [5.74, 6) is -1.32. The van der Waals surface area contributed by atoms with Crippen molar-refractivity contribution >= 4 is 29.3 Å². The van der Waals surface area contributed by atoms with Gasteiger partial charge in [0.05, 0.1) is 6.54 Å². The number of aryl methyl sites for hydroxylation is 1. The van der Waals surface area contributed by atoms with Crippen LogP contribution in [0.3, 0.4) is 0 Å². The first kappa shape index (κ1) is 25.7. The van der Waals surface area contributed by atoms with E-state index < -0.39 is 30.0 Å². The molecule has 4 aromatic rings. The van der Waals surface area contributed by atoms with Gasteiger partial charge in [-0.15, -0.1) is 0 Å². The van der Waals surface area contributed by atoms with E-state index in [1.807, 2.05) is 37.3 Å². The number of halogens is 1. The zero-order chi connectivity index (χ0) is 27.4. The van der Waals surface area contributed by atoms with Crippen LogP contribution in [0.15, 0.2) is 103 Å². The van der Waals surface area contributed by atoms with Gasteiger partial charge in [0.1, 0.15) is 5.82 Å². The molecule has 2 N–H and O–H groups in total. The molecule has 1 aliphatic heterocycles. The molecular weight excluding hydrogens is 497 g/mol. The molecule has 2 atom stereocenters. The zero-order valence-electron chi connectivity index (χ0n) is 21.1. The van der Waals surface area contributed by atoms with E-state index in [1.54, 1.807) is 54.6 Å². The number of carbonyl (C=O) groups is 3. The summed E-state index contributed by atoms with van der Waals surface area (Å²) in [5, 5.41) is 5.56. The van der Waals surface area contributed by atoms with Crippen LogP contribution in [0.4, 0.5) is 20.6 Å². The first-order valence-electron chi connectivity index (χ1n) is 12.4. The molecule has 0 saturated carbocycles. The van der Waals surface area contributed by atoms with Gasteiger partial charge in [-0.1, -0.05) is 66.2 Å². The Morgan fingerprint density at radius 2 is 1.54 bits per heavy atom. The highest BCUT2D eigenvalue weighted by Crippen LogP contribution is 2.35. The van der Waals surface area contributed by atoms with Gasteiger partial charge in [-0.2, -0.15) is 0 Å². The highest BCUT2D eigenvalue weighted by atomic mass is 19.1. The Kier molecular flexibility index (Phi) is 7.36. The number of cyclic esters (lactones) is 1. The van der Waals surface area contributed by atoms with Gasteiger partial charge in [0.25, 0.3) is 11.8 Å². The summed E-state index contributed by atoms with van der Waals surface area (Å²) in [7, 11) is 0. The summed E-state index contributed by atoms with van der Waals surface area (Å²) in [4.78, 5) is 40.7. The third kappa shape index (κ3) is 5.96. The van der Waals surface area contributed by atoms with Crippen LogP contribution < -0.4 is 10.6 Å². The summed E-state index contributed by atoms with van der Waals surface area (Å²) >= 11 is 0. The molecule has 1 aliphatic rings. The molecule has 0 bridgehead atoms. The van der Waals surface area contributed by atoms with Crippen molar-refractivity contribution in [3.05, 3.63) is 131 Å². The fourth-order valence-corrected chi connectivity index (χ4v) is 4.47. The van der Waals surface area contributed by atoms with Crippen LogP contribution in [0.5, 0.6) is 0 Å². The number of hydrogen-bond acceptors (Lipinski definition) is 4. The van der Waals surface area contributed by atoms with Crippen molar-refractivity contribution < 1.29 is 23.5 Å². The van der Waals surface area contributed by atoms with E-state index >= 15 is 0 Å². The van der Waals surface area contributed by atoms with Crippen LogP contribution in [-0.4, -0.2) is 28.8 Å². The quantitative estimate of drug-likeness (QED) is 0.307. The molecule has 1 saturated heterocycles. The molecule has 4 aromatic carbocycles. The molecule has 0 unspecified atom stereocenters. The Labute approximate surface area is 225 Å². The fraction of sp³-hybridized carbons (Fsp3) is 0.129. The molecule has 0 aliphatic carbocycles. The number of benzene rings is 4. The number of rotatable bonds is 7. The maximum Gasteiger partial charge on any atom is 0.411 e. The smallest absolute Gasteiger partial charge is 0.411 e. The van der Waals surface area contributed by atoms with Crippen molar-refractivity contribution in [1.82, 2.24) is 4.90 Å². The van der Waals surface area contributed by atoms with Gasteiger partial charge in [-0.3, -0.25) is 14.5 Å². The molecular formula is C31H26FN3O4. The Morgan fingerprint density at radius 3 is 2.26 bits per heavy atom. The molecule has 0 aromatic heterocycles. The van der Waals surface area contributed by atoms with Crippen molar-refractivity contribution in [3.8, 4) is 0 Å². The molecule has 7 nitrogen and oxygen atoms in total. The lowest BCUT2D eigenvalue weighted by molar-refractivity contribution is -0.121. The number of nitrogens with one attached hydrogen (secondary N) is 2. The average Bonchev–Trinajstić information content (AvgIpc) is 3.26. The van der Waals surface area contributed by atoms with E-state index in [-0.39, 0.29) is 18.1 Å². The largest absolute Gasteiger partial charge is 0.438 e. The third-order valence-electron chi connectivity index (χ3n) is 6.43. The Balaban J connectivity index is 1.44. The second-order valence-corrected chi connectivity index (χ2v) is 9.31. The first-order valence-corrected chi connectivity index (χ1v) is 12.4. The number of carbonyl (C=O) groups excluding carboxylic acids is 3. The molecule has 0 radical (unpaired) electrons. The van der Waals surface area contributed by atoms with Crippen molar-refractivity contribution in [2.24, 2.45) is 0 Å². The maximum atomic E-state index is 13.8. The summed E-state index contributed by atoms with van der Waals surface area (Å²) in [6.45, 7) is 2.10. The average molecular weight is 524 g/mol. The van der Waals surface area contributed by atoms with Crippen LogP contribution in [0.2, 0.25) is 0 Å². The highest BCUT2D eigenvalue weighted by Gasteiger charge is 2.47. The Morgan fingerprint density at radius 1 is 0.846 bits per heavy atom. The molecule has 1 fully saturated rings. The Bertz CT molecular complexity index is 1510. The topological polar surface area (TPSA) is 87.7 Å². The summed E-state index contributed by atoms with van der Waals surface area (Å²) in [6, 6.07) is 27.7. The van der Waals surface area contributed by atoms with Gasteiger partial charge in [-0.25, -0.2) is 9.18 Å². The summed E-state index contributed by atoms with van der Waals surface area (Å²) in [6.07, 6.45) is -1.62. The van der Waals surface area contributed by atoms with E-state index in [4.69, 9.17) is 4.74 Å². The van der Waals surface area contributed by atoms with E-state index in [0.717, 1.165) is 11.1 Å². The lowest BCUT2D eigenvalue weighted by atomic mass is 9.99. The van der Waals surface area contributed by atoms with E-state index in [9.17, 15) is 18.8 Å². The van der Waals surface area contributed by atoms with Gasteiger partial charge in [0, 0.05) is 16.9 Å². The minimum Gasteiger partial charge on any atom is -0.438 e. The normalized spacial score (nSPS) is 16.5. The van der Waals surface area contributed by atoms with E-state index in [2.05, 4.69) is 10.6 Å². The lowest BCUT2D eigenvalue weighted by Gasteiger charge is -2.24. The van der Waals surface area contributed by atoms with Crippen LogP contribution in [-0.2, 0) is 16.1 Å². The molecule has 8 heteroatoms. The predicted molar refractivity (Wildman–Crippen MR) is 146 cm³/mol. The van der Waals surface area contributed by atoms with Crippen LogP contribution in [0.1, 0.15) is 33.2 Å². The number of hydrogen-bond donors (Lipinski definition) is 2. The molecule has 0 spiro atoms. The SMILES string of the molecule is Cc1ccc(CN2C(=O)O[C@H](c3cccc(NC(=O)c4ccccc4)c3)[C@H]2C(=O)Nc2cccc(F)c2)cc1. The standard InChI is InChI=1S/C31H26FN3O4/c1-20-13-15-21(16-14-20)19-35-27(30(37)34-26-12-6-10-24(32)18-26)28(39-31(35)38)23-9-5-11-25(17-23)33-29(36)22-7-3-2-4-8-22/h2-18,27-28H,19H2,1H3,(H,33,36)(H,34,37)/t27-,28+/m0/s1. The van der Waals surface area contributed by atoms with Gasteiger partial charge in [0.2, 0.25) is 0 Å². The maximum absolute atomic E-state index is 13.8. The summed E-state index contributed by atoms with van der Waals surface area (Å²) < 4.78 is 19.5. The van der Waals surface area contributed by atoms with Gasteiger partial charge in [-0.05, 0) is 60.5 Å². The highest BCUT2D eigenvalue weighted by molar-refractivity contribution is 6.04.